The third-order valence-electron chi connectivity index (χ3n) is 6.90. The number of aromatic nitrogens is 4. The summed E-state index contributed by atoms with van der Waals surface area (Å²) < 4.78 is 6.46. The molecule has 2 aliphatic rings. The second-order valence-corrected chi connectivity index (χ2v) is 21.0. The molecule has 7 rings (SSSR count). The van der Waals surface area contributed by atoms with Gasteiger partial charge in [0.05, 0.1) is 0 Å². The van der Waals surface area contributed by atoms with Crippen LogP contribution in [0.4, 0.5) is 0 Å². The van der Waals surface area contributed by atoms with Crippen LogP contribution >= 0.6 is 23.5 Å². The third kappa shape index (κ3) is 5.15. The Labute approximate surface area is 251 Å². The van der Waals surface area contributed by atoms with Gasteiger partial charge in [0.1, 0.15) is 17.7 Å². The van der Waals surface area contributed by atoms with Crippen molar-refractivity contribution in [2.45, 2.75) is 11.1 Å². The molecular formula is C30H26N8S2Sn. The number of rotatable bonds is 5. The second-order valence-electron chi connectivity index (χ2n) is 9.05. The Balaban J connectivity index is 0.000000229. The average molecular weight is 681 g/mol. The van der Waals surface area contributed by atoms with Crippen molar-refractivity contribution in [1.29, 1.82) is 0 Å². The molecule has 0 bridgehead atoms. The molecule has 41 heavy (non-hydrogen) atoms. The Morgan fingerprint density at radius 3 is 1.85 bits per heavy atom. The van der Waals surface area contributed by atoms with E-state index in [0.717, 1.165) is 27.1 Å². The SMILES string of the molecule is CSC1=NC=NC2=NC=NC21.CSc1ncnc2c1nc[n]2[Sn]([c]1ccccc1)([c]1ccccc1)[c]1ccccc1. The van der Waals surface area contributed by atoms with Crippen LogP contribution in [0.3, 0.4) is 0 Å². The van der Waals surface area contributed by atoms with Crippen molar-refractivity contribution in [1.82, 2.24) is 17.7 Å². The molecule has 4 heterocycles. The average Bonchev–Trinajstić information content (AvgIpc) is 3.71. The Hall–Kier alpha value is -3.61. The molecule has 2 aliphatic heterocycles. The van der Waals surface area contributed by atoms with E-state index in [4.69, 9.17) is 9.97 Å². The van der Waals surface area contributed by atoms with Crippen LogP contribution in [0, 0.1) is 0 Å². The van der Waals surface area contributed by atoms with Crippen LogP contribution in [0.2, 0.25) is 0 Å². The molecule has 2 aromatic heterocycles. The minimum absolute atomic E-state index is 0.0185. The van der Waals surface area contributed by atoms with Crippen LogP contribution < -0.4 is 10.7 Å². The van der Waals surface area contributed by atoms with Gasteiger partial charge in [0.25, 0.3) is 0 Å². The predicted octanol–water partition coefficient (Wildman–Crippen LogP) is 3.66. The van der Waals surface area contributed by atoms with Gasteiger partial charge in [-0.3, -0.25) is 4.99 Å². The fourth-order valence-corrected chi connectivity index (χ4v) is 19.2. The van der Waals surface area contributed by atoms with Crippen LogP contribution in [0.15, 0.2) is 129 Å². The van der Waals surface area contributed by atoms with Crippen LogP contribution in [0.1, 0.15) is 0 Å². The fourth-order valence-electron chi connectivity index (χ4n) is 5.12. The first kappa shape index (κ1) is 27.6. The van der Waals surface area contributed by atoms with Gasteiger partial charge in [-0.2, -0.15) is 0 Å². The minimum atomic E-state index is -3.75. The molecular weight excluding hydrogens is 655 g/mol. The van der Waals surface area contributed by atoms with E-state index >= 15 is 0 Å². The quantitative estimate of drug-likeness (QED) is 0.161. The molecule has 1 atom stereocenters. The first-order valence-corrected chi connectivity index (χ1v) is 20.9. The molecule has 0 fully saturated rings. The molecule has 0 aliphatic carbocycles. The fraction of sp³-hybridized carbons (Fsp3) is 0.100. The van der Waals surface area contributed by atoms with E-state index in [-0.39, 0.29) is 6.04 Å². The van der Waals surface area contributed by atoms with Crippen LogP contribution in [0.25, 0.3) is 11.2 Å². The number of hydrogen-bond donors (Lipinski definition) is 0. The Bertz CT molecular complexity index is 1670. The van der Waals surface area contributed by atoms with Crippen molar-refractivity contribution in [3.8, 4) is 0 Å². The maximum absolute atomic E-state index is 4.80. The molecule has 0 N–H and O–H groups in total. The first-order chi connectivity index (χ1) is 20.3. The summed E-state index contributed by atoms with van der Waals surface area (Å²) in [5.74, 6) is 0.754. The van der Waals surface area contributed by atoms with Gasteiger partial charge in [-0.25, -0.2) is 15.0 Å². The number of hydrogen-bond acceptors (Lipinski definition) is 9. The first-order valence-electron chi connectivity index (χ1n) is 12.9. The molecule has 0 saturated carbocycles. The summed E-state index contributed by atoms with van der Waals surface area (Å²) in [6.07, 6.45) is 10.7. The molecule has 3 aromatic carbocycles. The van der Waals surface area contributed by atoms with E-state index in [2.05, 4.69) is 119 Å². The number of nitrogens with zero attached hydrogens (tertiary/aromatic N) is 8. The monoisotopic (exact) mass is 682 g/mol. The molecule has 8 nitrogen and oxygen atoms in total. The Morgan fingerprint density at radius 1 is 0.683 bits per heavy atom. The van der Waals surface area contributed by atoms with Gasteiger partial charge in [0, 0.05) is 0 Å². The van der Waals surface area contributed by atoms with E-state index < -0.39 is 18.7 Å². The zero-order chi connectivity index (χ0) is 28.1. The molecule has 0 saturated heterocycles. The van der Waals surface area contributed by atoms with Crippen LogP contribution in [-0.2, 0) is 0 Å². The van der Waals surface area contributed by atoms with E-state index in [9.17, 15) is 0 Å². The summed E-state index contributed by atoms with van der Waals surface area (Å²) >= 11 is -0.561. The third-order valence-corrected chi connectivity index (χ3v) is 21.3. The van der Waals surface area contributed by atoms with E-state index in [0.29, 0.717) is 0 Å². The molecule has 202 valence electrons. The van der Waals surface area contributed by atoms with Gasteiger partial charge in [0.2, 0.25) is 0 Å². The standard InChI is InChI=1S/C6H6N4S.C6H5N4S.3C6H5.Sn/c2*1-11-6-4-5(8-2-7-4)9-3-10-6;3*1-2-4-6-5-3-1;/h2-4H,1H3;2-3H,1H3;3*1-5H;/q;-1;;;;+1. The number of thioether (sulfide) groups is 2. The molecule has 5 aromatic rings. The Morgan fingerprint density at radius 2 is 1.29 bits per heavy atom. The van der Waals surface area contributed by atoms with Crippen molar-refractivity contribution in [3.63, 3.8) is 0 Å². The van der Waals surface area contributed by atoms with Crippen LogP contribution in [0.5, 0.6) is 0 Å². The van der Waals surface area contributed by atoms with Crippen molar-refractivity contribution in [3.05, 3.63) is 104 Å². The van der Waals surface area contributed by atoms with E-state index in [1.807, 2.05) is 18.8 Å². The summed E-state index contributed by atoms with van der Waals surface area (Å²) in [5, 5.41) is 1.88. The van der Waals surface area contributed by atoms with Gasteiger partial charge in [-0.05, 0) is 6.26 Å². The number of fused-ring (bicyclic) bond motifs is 2. The normalized spacial score (nSPS) is 15.6. The summed E-state index contributed by atoms with van der Waals surface area (Å²) in [7, 11) is 0. The van der Waals surface area contributed by atoms with Crippen LogP contribution in [-0.4, -0.2) is 78.5 Å². The molecule has 0 spiro atoms. The predicted molar refractivity (Wildman–Crippen MR) is 176 cm³/mol. The summed E-state index contributed by atoms with van der Waals surface area (Å²) in [4.78, 5) is 30.1. The zero-order valence-corrected chi connectivity index (χ0v) is 26.9. The van der Waals surface area contributed by atoms with Crippen molar-refractivity contribution in [2.24, 2.45) is 20.0 Å². The molecule has 11 heteroatoms. The summed E-state index contributed by atoms with van der Waals surface area (Å²) in [5.41, 5.74) is 1.77. The number of benzene rings is 3. The van der Waals surface area contributed by atoms with Gasteiger partial charge in [-0.15, -0.1) is 11.8 Å². The number of aliphatic imine (C=N–C) groups is 4. The summed E-state index contributed by atoms with van der Waals surface area (Å²) in [6.45, 7) is 0. The van der Waals surface area contributed by atoms with Gasteiger partial charge in [-0.1, -0.05) is 0 Å². The van der Waals surface area contributed by atoms with E-state index in [1.54, 1.807) is 29.9 Å². The van der Waals surface area contributed by atoms with Crippen molar-refractivity contribution >= 4 is 87.6 Å². The number of amidine groups is 1. The molecule has 0 radical (unpaired) electrons. The number of imidazole rings is 1. The van der Waals surface area contributed by atoms with Gasteiger partial charge >= 0.3 is 185 Å². The molecule has 1 unspecified atom stereocenters. The topological polar surface area (TPSA) is 93.0 Å². The molecule has 0 amide bonds. The maximum atomic E-state index is 4.80. The summed E-state index contributed by atoms with van der Waals surface area (Å²) in [6, 6.07) is 32.6. The van der Waals surface area contributed by atoms with E-state index in [1.165, 1.54) is 23.4 Å². The second kappa shape index (κ2) is 12.5. The zero-order valence-electron chi connectivity index (χ0n) is 22.4. The van der Waals surface area contributed by atoms with Gasteiger partial charge in [0.15, 0.2) is 11.9 Å². The van der Waals surface area contributed by atoms with Gasteiger partial charge < -0.3 is 0 Å². The Kier molecular flexibility index (Phi) is 8.40. The van der Waals surface area contributed by atoms with Crippen molar-refractivity contribution < 1.29 is 0 Å². The van der Waals surface area contributed by atoms with Crippen molar-refractivity contribution in [2.75, 3.05) is 12.5 Å².